The van der Waals surface area contributed by atoms with Gasteiger partial charge in [0.25, 0.3) is 0 Å². The average Bonchev–Trinajstić information content (AvgIpc) is 2.09. The molecule has 1 aliphatic carbocycles. The second-order valence-corrected chi connectivity index (χ2v) is 5.86. The molecule has 0 aromatic carbocycles. The van der Waals surface area contributed by atoms with Crippen molar-refractivity contribution in [2.24, 2.45) is 16.7 Å². The van der Waals surface area contributed by atoms with E-state index in [1.54, 1.807) is 0 Å². The summed E-state index contributed by atoms with van der Waals surface area (Å²) < 4.78 is 0. The van der Waals surface area contributed by atoms with Gasteiger partial charge in [0.15, 0.2) is 0 Å². The van der Waals surface area contributed by atoms with E-state index in [0.29, 0.717) is 5.92 Å². The first-order valence-corrected chi connectivity index (χ1v) is 5.57. The lowest BCUT2D eigenvalue weighted by atomic mass is 9.56. The first-order chi connectivity index (χ1) is 6.23. The lowest BCUT2D eigenvalue weighted by Gasteiger charge is -2.51. The van der Waals surface area contributed by atoms with Crippen molar-refractivity contribution >= 4 is 0 Å². The molecule has 0 radical (unpaired) electrons. The van der Waals surface area contributed by atoms with Crippen molar-refractivity contribution in [3.05, 3.63) is 12.2 Å². The fourth-order valence-corrected chi connectivity index (χ4v) is 2.56. The lowest BCUT2D eigenvalue weighted by molar-refractivity contribution is -0.0943. The van der Waals surface area contributed by atoms with Crippen LogP contribution in [-0.4, -0.2) is 11.2 Å². The van der Waals surface area contributed by atoms with Crippen molar-refractivity contribution in [2.75, 3.05) is 0 Å². The standard InChI is InChI=1S/C13H24O/c1-9(2)13(6)8-7-10(3)12(4,5)11(13)14/h10-11,14H,1,7-8H2,2-6H3/t10-,11?,13-/m0/s1. The van der Waals surface area contributed by atoms with Crippen LogP contribution in [0.1, 0.15) is 47.5 Å². The van der Waals surface area contributed by atoms with E-state index >= 15 is 0 Å². The first kappa shape index (κ1) is 11.8. The molecule has 1 unspecified atom stereocenters. The largest absolute Gasteiger partial charge is 0.392 e. The second-order valence-electron chi connectivity index (χ2n) is 5.86. The molecule has 1 rings (SSSR count). The van der Waals surface area contributed by atoms with E-state index in [2.05, 4.69) is 34.3 Å². The molecular formula is C13H24O. The second kappa shape index (κ2) is 3.37. The molecule has 0 spiro atoms. The molecule has 0 aliphatic heterocycles. The van der Waals surface area contributed by atoms with Crippen molar-refractivity contribution in [1.82, 2.24) is 0 Å². The summed E-state index contributed by atoms with van der Waals surface area (Å²) in [6.45, 7) is 14.8. The minimum absolute atomic E-state index is 0.00590. The van der Waals surface area contributed by atoms with Crippen molar-refractivity contribution in [1.29, 1.82) is 0 Å². The zero-order valence-corrected chi connectivity index (χ0v) is 10.2. The van der Waals surface area contributed by atoms with Gasteiger partial charge in [-0.1, -0.05) is 39.8 Å². The predicted molar refractivity (Wildman–Crippen MR) is 61.1 cm³/mol. The average molecular weight is 196 g/mol. The van der Waals surface area contributed by atoms with Gasteiger partial charge in [0.1, 0.15) is 0 Å². The highest BCUT2D eigenvalue weighted by Gasteiger charge is 2.49. The Bertz CT molecular complexity index is 242. The van der Waals surface area contributed by atoms with Crippen LogP contribution in [0.4, 0.5) is 0 Å². The van der Waals surface area contributed by atoms with Gasteiger partial charge in [0, 0.05) is 5.41 Å². The van der Waals surface area contributed by atoms with E-state index in [1.807, 2.05) is 6.92 Å². The highest BCUT2D eigenvalue weighted by molar-refractivity contribution is 5.14. The third-order valence-corrected chi connectivity index (χ3v) is 4.65. The van der Waals surface area contributed by atoms with Crippen molar-refractivity contribution < 1.29 is 5.11 Å². The summed E-state index contributed by atoms with van der Waals surface area (Å²) in [5, 5.41) is 10.4. The maximum absolute atomic E-state index is 10.4. The summed E-state index contributed by atoms with van der Waals surface area (Å²) in [6, 6.07) is 0. The summed E-state index contributed by atoms with van der Waals surface area (Å²) in [5.74, 6) is 0.588. The van der Waals surface area contributed by atoms with E-state index in [-0.39, 0.29) is 16.9 Å². The minimum atomic E-state index is -0.267. The van der Waals surface area contributed by atoms with Gasteiger partial charge >= 0.3 is 0 Å². The molecule has 0 amide bonds. The molecule has 14 heavy (non-hydrogen) atoms. The topological polar surface area (TPSA) is 20.2 Å². The molecule has 1 saturated carbocycles. The third kappa shape index (κ3) is 1.52. The van der Waals surface area contributed by atoms with Gasteiger partial charge in [-0.25, -0.2) is 0 Å². The quantitative estimate of drug-likeness (QED) is 0.637. The molecule has 82 valence electrons. The van der Waals surface area contributed by atoms with Gasteiger partial charge < -0.3 is 5.11 Å². The Balaban J connectivity index is 3.01. The molecule has 1 nitrogen and oxygen atoms in total. The molecule has 0 bridgehead atoms. The maximum Gasteiger partial charge on any atom is 0.0684 e. The van der Waals surface area contributed by atoms with Crippen molar-refractivity contribution in [2.45, 2.75) is 53.6 Å². The molecule has 0 aromatic heterocycles. The molecule has 1 aliphatic rings. The summed E-state index contributed by atoms with van der Waals surface area (Å²) >= 11 is 0. The number of aliphatic hydroxyl groups is 1. The molecule has 3 atom stereocenters. The Morgan fingerprint density at radius 2 is 1.86 bits per heavy atom. The van der Waals surface area contributed by atoms with Crippen LogP contribution in [0.3, 0.4) is 0 Å². The van der Waals surface area contributed by atoms with Crippen molar-refractivity contribution in [3.8, 4) is 0 Å². The van der Waals surface area contributed by atoms with Gasteiger partial charge in [-0.2, -0.15) is 0 Å². The molecular weight excluding hydrogens is 172 g/mol. The van der Waals surface area contributed by atoms with Crippen molar-refractivity contribution in [3.63, 3.8) is 0 Å². The molecule has 1 heteroatoms. The van der Waals surface area contributed by atoms with E-state index in [4.69, 9.17) is 0 Å². The molecule has 1 N–H and O–H groups in total. The number of rotatable bonds is 1. The summed E-state index contributed by atoms with van der Waals surface area (Å²) in [7, 11) is 0. The van der Waals surface area contributed by atoms with Crippen LogP contribution in [0.5, 0.6) is 0 Å². The van der Waals surface area contributed by atoms with E-state index in [9.17, 15) is 5.11 Å². The Hall–Kier alpha value is -0.300. The zero-order valence-electron chi connectivity index (χ0n) is 10.2. The fraction of sp³-hybridized carbons (Fsp3) is 0.846. The van der Waals surface area contributed by atoms with Crippen LogP contribution >= 0.6 is 0 Å². The van der Waals surface area contributed by atoms with Gasteiger partial charge in [0.2, 0.25) is 0 Å². The minimum Gasteiger partial charge on any atom is -0.392 e. The Morgan fingerprint density at radius 1 is 1.36 bits per heavy atom. The zero-order chi connectivity index (χ0) is 11.1. The molecule has 0 saturated heterocycles. The predicted octanol–water partition coefficient (Wildman–Crippen LogP) is 3.39. The number of aliphatic hydroxyl groups excluding tert-OH is 1. The van der Waals surface area contributed by atoms with Crippen LogP contribution in [0, 0.1) is 16.7 Å². The summed E-state index contributed by atoms with van der Waals surface area (Å²) in [4.78, 5) is 0. The normalized spacial score (nSPS) is 42.1. The van der Waals surface area contributed by atoms with E-state index in [1.165, 1.54) is 6.42 Å². The lowest BCUT2D eigenvalue weighted by Crippen LogP contribution is -2.51. The molecule has 0 aromatic rings. The van der Waals surface area contributed by atoms with Gasteiger partial charge in [0.05, 0.1) is 6.10 Å². The van der Waals surface area contributed by atoms with Crippen LogP contribution in [0.25, 0.3) is 0 Å². The smallest absolute Gasteiger partial charge is 0.0684 e. The van der Waals surface area contributed by atoms with Crippen LogP contribution in [-0.2, 0) is 0 Å². The summed E-state index contributed by atoms with van der Waals surface area (Å²) in [6.07, 6.45) is 1.98. The number of hydrogen-bond donors (Lipinski definition) is 1. The molecule has 1 fully saturated rings. The molecule has 0 heterocycles. The SMILES string of the molecule is C=C(C)[C@]1(C)CC[C@H](C)C(C)(C)C1O. The monoisotopic (exact) mass is 196 g/mol. The van der Waals surface area contributed by atoms with Crippen LogP contribution in [0.15, 0.2) is 12.2 Å². The Labute approximate surface area is 88.2 Å². The Morgan fingerprint density at radius 3 is 2.29 bits per heavy atom. The highest BCUT2D eigenvalue weighted by Crippen LogP contribution is 2.52. The van der Waals surface area contributed by atoms with E-state index < -0.39 is 0 Å². The fourth-order valence-electron chi connectivity index (χ4n) is 2.56. The van der Waals surface area contributed by atoms with Gasteiger partial charge in [-0.05, 0) is 31.1 Å². The summed E-state index contributed by atoms with van der Waals surface area (Å²) in [5.41, 5.74) is 1.03. The van der Waals surface area contributed by atoms with Crippen LogP contribution in [0.2, 0.25) is 0 Å². The third-order valence-electron chi connectivity index (χ3n) is 4.65. The highest BCUT2D eigenvalue weighted by atomic mass is 16.3. The number of hydrogen-bond acceptors (Lipinski definition) is 1. The van der Waals surface area contributed by atoms with Crippen LogP contribution < -0.4 is 0 Å². The van der Waals surface area contributed by atoms with Gasteiger partial charge in [-0.15, -0.1) is 0 Å². The van der Waals surface area contributed by atoms with Gasteiger partial charge in [-0.3, -0.25) is 0 Å². The Kier molecular flexibility index (Phi) is 2.84. The maximum atomic E-state index is 10.4. The van der Waals surface area contributed by atoms with E-state index in [0.717, 1.165) is 12.0 Å². The first-order valence-electron chi connectivity index (χ1n) is 5.57.